The van der Waals surface area contributed by atoms with Crippen molar-refractivity contribution in [1.82, 2.24) is 0 Å². The van der Waals surface area contributed by atoms with Gasteiger partial charge in [0.25, 0.3) is 0 Å². The number of hydrogen-bond acceptors (Lipinski definition) is 2. The zero-order chi connectivity index (χ0) is 5.33. The molecule has 0 aromatic heterocycles. The average Bonchev–Trinajstić information content (AvgIpc) is 1.61. The third-order valence-corrected chi connectivity index (χ3v) is 1.48. The Morgan fingerprint density at radius 2 is 2.12 bits per heavy atom. The summed E-state index contributed by atoms with van der Waals surface area (Å²) in [6.07, 6.45) is 1.03. The first-order valence-electron chi connectivity index (χ1n) is 2.63. The molecule has 8 heavy (non-hydrogen) atoms. The Hall–Kier alpha value is 0.210. The molecule has 1 rings (SSSR count). The fourth-order valence-electron chi connectivity index (χ4n) is 0.568. The van der Waals surface area contributed by atoms with Crippen molar-refractivity contribution in [2.45, 2.75) is 18.9 Å². The topological polar surface area (TPSA) is 35.2 Å². The largest absolute Gasteiger partial charge is 0.377 e. The van der Waals surface area contributed by atoms with Crippen molar-refractivity contribution in [2.24, 2.45) is 5.73 Å². The molecule has 0 unspecified atom stereocenters. The first-order valence-corrected chi connectivity index (χ1v) is 2.63. The van der Waals surface area contributed by atoms with E-state index in [2.05, 4.69) is 6.92 Å². The van der Waals surface area contributed by atoms with Gasteiger partial charge in [0, 0.05) is 0 Å². The Morgan fingerprint density at radius 3 is 2.12 bits per heavy atom. The molecule has 1 aliphatic heterocycles. The molecule has 2 N–H and O–H groups in total. The van der Waals surface area contributed by atoms with E-state index in [9.17, 15) is 0 Å². The maximum Gasteiger partial charge on any atom is 0.0669 e. The van der Waals surface area contributed by atoms with E-state index in [1.54, 1.807) is 0 Å². The van der Waals surface area contributed by atoms with E-state index in [0.29, 0.717) is 0 Å². The smallest absolute Gasteiger partial charge is 0.0669 e. The maximum atomic E-state index is 5.68. The van der Waals surface area contributed by atoms with Gasteiger partial charge in [-0.15, -0.1) is 12.4 Å². The van der Waals surface area contributed by atoms with Gasteiger partial charge in [-0.1, -0.05) is 6.92 Å². The Balaban J connectivity index is 0.000000490. The van der Waals surface area contributed by atoms with Gasteiger partial charge < -0.3 is 10.5 Å². The molecule has 0 bridgehead atoms. The standard InChI is InChI=1S/C5H11NO.ClH/c1-2-5(6)3-7-4-5;/h2-4,6H2,1H3;1H. The van der Waals surface area contributed by atoms with Crippen molar-refractivity contribution in [3.63, 3.8) is 0 Å². The summed E-state index contributed by atoms with van der Waals surface area (Å²) in [6, 6.07) is 0. The van der Waals surface area contributed by atoms with Crippen LogP contribution in [-0.2, 0) is 4.74 Å². The van der Waals surface area contributed by atoms with E-state index in [4.69, 9.17) is 10.5 Å². The summed E-state index contributed by atoms with van der Waals surface area (Å²) in [5.41, 5.74) is 5.72. The molecule has 3 heteroatoms. The second-order valence-electron chi connectivity index (χ2n) is 2.21. The minimum atomic E-state index is 0. The van der Waals surface area contributed by atoms with Crippen molar-refractivity contribution in [3.8, 4) is 0 Å². The average molecular weight is 138 g/mol. The van der Waals surface area contributed by atoms with Crippen LogP contribution in [0.25, 0.3) is 0 Å². The van der Waals surface area contributed by atoms with Gasteiger partial charge in [0.1, 0.15) is 0 Å². The van der Waals surface area contributed by atoms with Crippen LogP contribution in [0.4, 0.5) is 0 Å². The van der Waals surface area contributed by atoms with Crippen LogP contribution in [0.15, 0.2) is 0 Å². The third-order valence-electron chi connectivity index (χ3n) is 1.48. The fourth-order valence-corrected chi connectivity index (χ4v) is 0.568. The van der Waals surface area contributed by atoms with Crippen LogP contribution in [0.2, 0.25) is 0 Å². The highest BCUT2D eigenvalue weighted by Gasteiger charge is 2.31. The Labute approximate surface area is 55.8 Å². The van der Waals surface area contributed by atoms with Gasteiger partial charge in [0.2, 0.25) is 0 Å². The van der Waals surface area contributed by atoms with Gasteiger partial charge in [-0.05, 0) is 6.42 Å². The Morgan fingerprint density at radius 1 is 1.62 bits per heavy atom. The molecular formula is C5H12ClNO. The van der Waals surface area contributed by atoms with Crippen LogP contribution in [0.1, 0.15) is 13.3 Å². The molecule has 0 aliphatic carbocycles. The van der Waals surface area contributed by atoms with E-state index in [1.165, 1.54) is 0 Å². The van der Waals surface area contributed by atoms with Crippen LogP contribution in [0.3, 0.4) is 0 Å². The molecule has 0 atom stereocenters. The lowest BCUT2D eigenvalue weighted by Gasteiger charge is -2.36. The monoisotopic (exact) mass is 137 g/mol. The highest BCUT2D eigenvalue weighted by atomic mass is 35.5. The molecule has 0 aromatic rings. The zero-order valence-electron chi connectivity index (χ0n) is 5.02. The second kappa shape index (κ2) is 2.67. The van der Waals surface area contributed by atoms with Crippen LogP contribution >= 0.6 is 12.4 Å². The lowest BCUT2D eigenvalue weighted by atomic mass is 9.96. The van der Waals surface area contributed by atoms with E-state index in [1.807, 2.05) is 0 Å². The van der Waals surface area contributed by atoms with Crippen molar-refractivity contribution >= 4 is 12.4 Å². The third kappa shape index (κ3) is 1.34. The van der Waals surface area contributed by atoms with Crippen molar-refractivity contribution < 1.29 is 4.74 Å². The molecule has 1 heterocycles. The quantitative estimate of drug-likeness (QED) is 0.573. The summed E-state index contributed by atoms with van der Waals surface area (Å²) >= 11 is 0. The van der Waals surface area contributed by atoms with Crippen molar-refractivity contribution in [3.05, 3.63) is 0 Å². The van der Waals surface area contributed by atoms with Gasteiger partial charge in [0.05, 0.1) is 18.8 Å². The highest BCUT2D eigenvalue weighted by molar-refractivity contribution is 5.85. The molecule has 0 spiro atoms. The summed E-state index contributed by atoms with van der Waals surface area (Å²) in [7, 11) is 0. The van der Waals surface area contributed by atoms with Gasteiger partial charge in [-0.3, -0.25) is 0 Å². The summed E-state index contributed by atoms with van der Waals surface area (Å²) in [6.45, 7) is 3.59. The molecule has 0 aromatic carbocycles. The number of halogens is 1. The van der Waals surface area contributed by atoms with Crippen LogP contribution < -0.4 is 5.73 Å². The van der Waals surface area contributed by atoms with E-state index in [0.717, 1.165) is 19.6 Å². The minimum absolute atomic E-state index is 0. The van der Waals surface area contributed by atoms with Crippen LogP contribution in [-0.4, -0.2) is 18.8 Å². The summed E-state index contributed by atoms with van der Waals surface area (Å²) in [5.74, 6) is 0. The highest BCUT2D eigenvalue weighted by Crippen LogP contribution is 2.15. The first kappa shape index (κ1) is 8.21. The lowest BCUT2D eigenvalue weighted by Crippen LogP contribution is -2.56. The lowest BCUT2D eigenvalue weighted by molar-refractivity contribution is -0.0549. The van der Waals surface area contributed by atoms with Gasteiger partial charge >= 0.3 is 0 Å². The Bertz CT molecular complexity index is 67.3. The minimum Gasteiger partial charge on any atom is -0.377 e. The van der Waals surface area contributed by atoms with E-state index < -0.39 is 0 Å². The van der Waals surface area contributed by atoms with E-state index in [-0.39, 0.29) is 17.9 Å². The number of ether oxygens (including phenoxy) is 1. The molecule has 0 amide bonds. The van der Waals surface area contributed by atoms with E-state index >= 15 is 0 Å². The number of hydrogen-bond donors (Lipinski definition) is 1. The molecular weight excluding hydrogens is 126 g/mol. The molecule has 1 fully saturated rings. The predicted molar refractivity (Wildman–Crippen MR) is 35.3 cm³/mol. The normalized spacial score (nSPS) is 23.2. The van der Waals surface area contributed by atoms with Crippen LogP contribution in [0, 0.1) is 0 Å². The van der Waals surface area contributed by atoms with Gasteiger partial charge in [0.15, 0.2) is 0 Å². The van der Waals surface area contributed by atoms with Crippen LogP contribution in [0.5, 0.6) is 0 Å². The fraction of sp³-hybridized carbons (Fsp3) is 1.00. The number of nitrogens with two attached hydrogens (primary N) is 1. The molecule has 0 radical (unpaired) electrons. The second-order valence-corrected chi connectivity index (χ2v) is 2.21. The maximum absolute atomic E-state index is 5.68. The summed E-state index contributed by atoms with van der Waals surface area (Å²) < 4.78 is 4.90. The first-order chi connectivity index (χ1) is 3.27. The summed E-state index contributed by atoms with van der Waals surface area (Å²) in [5, 5.41) is 0. The Kier molecular flexibility index (Phi) is 2.74. The molecule has 2 nitrogen and oxygen atoms in total. The molecule has 0 saturated carbocycles. The summed E-state index contributed by atoms with van der Waals surface area (Å²) in [4.78, 5) is 0. The zero-order valence-corrected chi connectivity index (χ0v) is 5.83. The van der Waals surface area contributed by atoms with Crippen molar-refractivity contribution in [2.75, 3.05) is 13.2 Å². The van der Waals surface area contributed by atoms with Gasteiger partial charge in [-0.2, -0.15) is 0 Å². The predicted octanol–water partition coefficient (Wildman–Crippen LogP) is 0.546. The molecule has 1 saturated heterocycles. The van der Waals surface area contributed by atoms with Crippen molar-refractivity contribution in [1.29, 1.82) is 0 Å². The van der Waals surface area contributed by atoms with Gasteiger partial charge in [-0.25, -0.2) is 0 Å². The number of rotatable bonds is 1. The molecule has 1 aliphatic rings. The SMILES string of the molecule is CCC1(N)COC1.Cl. The molecule has 50 valence electrons.